The lowest BCUT2D eigenvalue weighted by Crippen LogP contribution is -2.58. The highest BCUT2D eigenvalue weighted by Gasteiger charge is 2.31. The molecule has 12 nitrogen and oxygen atoms in total. The molecule has 7 N–H and O–H groups in total. The van der Waals surface area contributed by atoms with Crippen molar-refractivity contribution < 1.29 is 28.8 Å². The SMILES string of the molecule is CC(C)C1NC(=O)C(Cc2ccccc2)NC(=O)CSC[C@H](NC(=O)Cc2ccccc2)C(=O)NCCCCC(C(N)=O)NC1=O. The van der Waals surface area contributed by atoms with Crippen LogP contribution in [0.15, 0.2) is 60.7 Å². The van der Waals surface area contributed by atoms with Gasteiger partial charge in [0.05, 0.1) is 12.2 Å². The van der Waals surface area contributed by atoms with Crippen LogP contribution in [-0.4, -0.2) is 77.7 Å². The Morgan fingerprint density at radius 1 is 0.870 bits per heavy atom. The van der Waals surface area contributed by atoms with Gasteiger partial charge in [-0.15, -0.1) is 11.8 Å². The van der Waals surface area contributed by atoms with E-state index in [-0.39, 0.29) is 49.1 Å². The Morgan fingerprint density at radius 2 is 1.52 bits per heavy atom. The average Bonchev–Trinajstić information content (AvgIpc) is 3.02. The molecule has 1 fully saturated rings. The Labute approximate surface area is 273 Å². The molecule has 248 valence electrons. The van der Waals surface area contributed by atoms with Crippen molar-refractivity contribution in [2.45, 2.75) is 70.1 Å². The number of amides is 6. The van der Waals surface area contributed by atoms with Crippen LogP contribution in [0.4, 0.5) is 0 Å². The van der Waals surface area contributed by atoms with Gasteiger partial charge in [-0.1, -0.05) is 74.5 Å². The van der Waals surface area contributed by atoms with Gasteiger partial charge in [0.1, 0.15) is 24.2 Å². The molecule has 2 aromatic carbocycles. The van der Waals surface area contributed by atoms with Gasteiger partial charge in [0.25, 0.3) is 0 Å². The smallest absolute Gasteiger partial charge is 0.243 e. The molecule has 4 atom stereocenters. The second-order valence-corrected chi connectivity index (χ2v) is 12.6. The van der Waals surface area contributed by atoms with E-state index in [2.05, 4.69) is 26.6 Å². The number of hydrogen-bond acceptors (Lipinski definition) is 7. The monoisotopic (exact) mass is 652 g/mol. The van der Waals surface area contributed by atoms with Gasteiger partial charge in [0.15, 0.2) is 0 Å². The summed E-state index contributed by atoms with van der Waals surface area (Å²) in [5, 5.41) is 13.8. The van der Waals surface area contributed by atoms with Crippen LogP contribution in [0.5, 0.6) is 0 Å². The topological polar surface area (TPSA) is 189 Å². The zero-order valence-electron chi connectivity index (χ0n) is 26.3. The lowest BCUT2D eigenvalue weighted by atomic mass is 10.00. The highest BCUT2D eigenvalue weighted by Crippen LogP contribution is 2.11. The fraction of sp³-hybridized carbons (Fsp3) is 0.455. The maximum absolute atomic E-state index is 13.5. The first-order valence-electron chi connectivity index (χ1n) is 15.5. The Kier molecular flexibility index (Phi) is 14.5. The van der Waals surface area contributed by atoms with E-state index in [1.165, 1.54) is 0 Å². The Bertz CT molecular complexity index is 1340. The number of carbonyl (C=O) groups is 6. The van der Waals surface area contributed by atoms with Gasteiger partial charge < -0.3 is 32.3 Å². The van der Waals surface area contributed by atoms with Crippen molar-refractivity contribution >= 4 is 47.2 Å². The molecule has 3 unspecified atom stereocenters. The van der Waals surface area contributed by atoms with Crippen molar-refractivity contribution in [1.82, 2.24) is 26.6 Å². The predicted molar refractivity (Wildman–Crippen MR) is 176 cm³/mol. The third-order valence-electron chi connectivity index (χ3n) is 7.44. The number of nitrogens with one attached hydrogen (secondary N) is 5. The van der Waals surface area contributed by atoms with Gasteiger partial charge in [-0.2, -0.15) is 0 Å². The normalized spacial score (nSPS) is 22.6. The number of benzene rings is 2. The molecule has 0 aliphatic carbocycles. The molecule has 3 rings (SSSR count). The highest BCUT2D eigenvalue weighted by molar-refractivity contribution is 8.00. The van der Waals surface area contributed by atoms with Crippen LogP contribution in [-0.2, 0) is 41.6 Å². The van der Waals surface area contributed by atoms with Crippen molar-refractivity contribution in [2.75, 3.05) is 18.1 Å². The second-order valence-electron chi connectivity index (χ2n) is 11.6. The van der Waals surface area contributed by atoms with Crippen LogP contribution in [0.1, 0.15) is 44.2 Å². The lowest BCUT2D eigenvalue weighted by molar-refractivity contribution is -0.134. The molecule has 0 spiro atoms. The number of carbonyl (C=O) groups excluding carboxylic acids is 6. The predicted octanol–water partition coefficient (Wildman–Crippen LogP) is 0.586. The van der Waals surface area contributed by atoms with Crippen LogP contribution in [0.2, 0.25) is 0 Å². The minimum atomic E-state index is -1.01. The molecule has 46 heavy (non-hydrogen) atoms. The summed E-state index contributed by atoms with van der Waals surface area (Å²) in [5.41, 5.74) is 7.17. The van der Waals surface area contributed by atoms with Gasteiger partial charge in [-0.3, -0.25) is 28.8 Å². The first-order valence-corrected chi connectivity index (χ1v) is 16.6. The molecule has 13 heteroatoms. The lowest BCUT2D eigenvalue weighted by Gasteiger charge is -2.27. The minimum Gasteiger partial charge on any atom is -0.368 e. The molecule has 0 aromatic heterocycles. The quantitative estimate of drug-likeness (QED) is 0.252. The van der Waals surface area contributed by atoms with E-state index in [0.717, 1.165) is 22.9 Å². The first-order chi connectivity index (χ1) is 22.0. The van der Waals surface area contributed by atoms with Crippen molar-refractivity contribution in [1.29, 1.82) is 0 Å². The van der Waals surface area contributed by atoms with Crippen LogP contribution in [0, 0.1) is 5.92 Å². The molecular weight excluding hydrogens is 608 g/mol. The number of thioether (sulfide) groups is 1. The van der Waals surface area contributed by atoms with E-state index in [9.17, 15) is 28.8 Å². The summed E-state index contributed by atoms with van der Waals surface area (Å²) in [7, 11) is 0. The Balaban J connectivity index is 1.80. The molecule has 2 aromatic rings. The zero-order chi connectivity index (χ0) is 33.5. The maximum atomic E-state index is 13.5. The average molecular weight is 653 g/mol. The molecule has 1 aliphatic heterocycles. The molecule has 1 saturated heterocycles. The highest BCUT2D eigenvalue weighted by atomic mass is 32.2. The summed E-state index contributed by atoms with van der Waals surface area (Å²) >= 11 is 1.15. The minimum absolute atomic E-state index is 0.0781. The van der Waals surface area contributed by atoms with E-state index in [1.54, 1.807) is 13.8 Å². The van der Waals surface area contributed by atoms with Gasteiger partial charge in [-0.05, 0) is 36.3 Å². The van der Waals surface area contributed by atoms with Crippen LogP contribution < -0.4 is 32.3 Å². The maximum Gasteiger partial charge on any atom is 0.243 e. The Hall–Kier alpha value is -4.39. The Morgan fingerprint density at radius 3 is 2.15 bits per heavy atom. The fourth-order valence-electron chi connectivity index (χ4n) is 4.92. The van der Waals surface area contributed by atoms with Gasteiger partial charge in [0.2, 0.25) is 35.4 Å². The number of nitrogens with two attached hydrogens (primary N) is 1. The van der Waals surface area contributed by atoms with Crippen molar-refractivity contribution in [2.24, 2.45) is 11.7 Å². The third kappa shape index (κ3) is 12.2. The van der Waals surface area contributed by atoms with Crippen LogP contribution >= 0.6 is 11.8 Å². The summed E-state index contributed by atoms with van der Waals surface area (Å²) in [6, 6.07) is 14.4. The van der Waals surface area contributed by atoms with E-state index >= 15 is 0 Å². The molecule has 0 saturated carbocycles. The first kappa shape index (κ1) is 36.1. The molecule has 1 heterocycles. The molecule has 6 amide bonds. The number of rotatable bonds is 7. The largest absolute Gasteiger partial charge is 0.368 e. The summed E-state index contributed by atoms with van der Waals surface area (Å²) in [5.74, 6) is -3.33. The molecule has 0 bridgehead atoms. The summed E-state index contributed by atoms with van der Waals surface area (Å²) < 4.78 is 0. The molecular formula is C33H44N6O6S. The molecule has 1 aliphatic rings. The fourth-order valence-corrected chi connectivity index (χ4v) is 5.78. The van der Waals surface area contributed by atoms with E-state index in [4.69, 9.17) is 5.73 Å². The second kappa shape index (κ2) is 18.5. The van der Waals surface area contributed by atoms with Crippen molar-refractivity contribution in [3.8, 4) is 0 Å². The summed E-state index contributed by atoms with van der Waals surface area (Å²) in [6.45, 7) is 3.79. The van der Waals surface area contributed by atoms with Gasteiger partial charge >= 0.3 is 0 Å². The van der Waals surface area contributed by atoms with Crippen LogP contribution in [0.25, 0.3) is 0 Å². The number of hydrogen-bond donors (Lipinski definition) is 6. The zero-order valence-corrected chi connectivity index (χ0v) is 27.1. The summed E-state index contributed by atoms with van der Waals surface area (Å²) in [4.78, 5) is 78.0. The van der Waals surface area contributed by atoms with E-state index in [0.29, 0.717) is 12.8 Å². The van der Waals surface area contributed by atoms with E-state index < -0.39 is 53.7 Å². The van der Waals surface area contributed by atoms with Crippen molar-refractivity contribution in [3.63, 3.8) is 0 Å². The molecule has 0 radical (unpaired) electrons. The standard InChI is InChI=1S/C33H44N6O6S/c1-21(2)29-33(45)38-24(30(34)42)15-9-10-16-35-31(43)26(37-27(40)18-23-13-7-4-8-14-23)19-46-20-28(41)36-25(32(44)39-29)17-22-11-5-3-6-12-22/h3-8,11-14,21,24-26,29H,9-10,15-20H2,1-2H3,(H2,34,42)(H,35,43)(H,36,41)(H,37,40)(H,38,45)(H,39,44)/t24?,25?,26-,29?/m0/s1. The number of primary amides is 1. The van der Waals surface area contributed by atoms with Gasteiger partial charge in [0, 0.05) is 18.7 Å². The van der Waals surface area contributed by atoms with Gasteiger partial charge in [-0.25, -0.2) is 0 Å². The van der Waals surface area contributed by atoms with Crippen molar-refractivity contribution in [3.05, 3.63) is 71.8 Å². The summed E-state index contributed by atoms with van der Waals surface area (Å²) in [6.07, 6.45) is 1.43. The third-order valence-corrected chi connectivity index (χ3v) is 8.47. The van der Waals surface area contributed by atoms with E-state index in [1.807, 2.05) is 60.7 Å². The van der Waals surface area contributed by atoms with Crippen LogP contribution in [0.3, 0.4) is 0 Å².